The lowest BCUT2D eigenvalue weighted by Gasteiger charge is -2.35. The minimum atomic E-state index is 0.124. The standard InChI is InChI=1S/C19H25N5O2S/c1-14-4-5-16(27-14)19(26)23-9-7-22(8-10-23)17-11-18(21-13-20-17)24-6-2-3-15(24)12-25/h4-5,11,13,15,25H,2-3,6-10,12H2,1H3. The Morgan fingerprint density at radius 3 is 2.67 bits per heavy atom. The quantitative estimate of drug-likeness (QED) is 0.862. The summed E-state index contributed by atoms with van der Waals surface area (Å²) in [5.41, 5.74) is 0. The summed E-state index contributed by atoms with van der Waals surface area (Å²) in [6.07, 6.45) is 3.68. The van der Waals surface area contributed by atoms with E-state index in [2.05, 4.69) is 19.8 Å². The molecule has 2 aromatic heterocycles. The van der Waals surface area contributed by atoms with Crippen LogP contribution < -0.4 is 9.80 Å². The van der Waals surface area contributed by atoms with Crippen molar-refractivity contribution in [1.82, 2.24) is 14.9 Å². The molecule has 2 saturated heterocycles. The molecule has 8 heteroatoms. The van der Waals surface area contributed by atoms with Gasteiger partial charge in [0.1, 0.15) is 18.0 Å². The summed E-state index contributed by atoms with van der Waals surface area (Å²) in [5, 5.41) is 9.56. The number of nitrogens with zero attached hydrogens (tertiary/aromatic N) is 5. The van der Waals surface area contributed by atoms with Crippen LogP contribution in [0.15, 0.2) is 24.5 Å². The van der Waals surface area contributed by atoms with Gasteiger partial charge in [-0.15, -0.1) is 11.3 Å². The van der Waals surface area contributed by atoms with E-state index in [4.69, 9.17) is 0 Å². The van der Waals surface area contributed by atoms with E-state index in [0.29, 0.717) is 13.1 Å². The molecule has 27 heavy (non-hydrogen) atoms. The van der Waals surface area contributed by atoms with Gasteiger partial charge in [-0.3, -0.25) is 4.79 Å². The number of aromatic nitrogens is 2. The van der Waals surface area contributed by atoms with Crippen LogP contribution in [-0.4, -0.2) is 71.3 Å². The van der Waals surface area contributed by atoms with E-state index in [9.17, 15) is 9.90 Å². The SMILES string of the molecule is Cc1ccc(C(=O)N2CCN(c3cc(N4CCCC4CO)ncn3)CC2)s1. The van der Waals surface area contributed by atoms with Gasteiger partial charge in [-0.05, 0) is 31.9 Å². The molecule has 0 bridgehead atoms. The monoisotopic (exact) mass is 387 g/mol. The predicted molar refractivity (Wildman–Crippen MR) is 107 cm³/mol. The van der Waals surface area contributed by atoms with Crippen LogP contribution in [0.25, 0.3) is 0 Å². The zero-order chi connectivity index (χ0) is 18.8. The summed E-state index contributed by atoms with van der Waals surface area (Å²) in [4.78, 5) is 29.7. The topological polar surface area (TPSA) is 72.8 Å². The van der Waals surface area contributed by atoms with Crippen molar-refractivity contribution in [3.63, 3.8) is 0 Å². The molecule has 4 heterocycles. The highest BCUT2D eigenvalue weighted by atomic mass is 32.1. The highest BCUT2D eigenvalue weighted by Gasteiger charge is 2.27. The van der Waals surface area contributed by atoms with Crippen LogP contribution in [0.4, 0.5) is 11.6 Å². The van der Waals surface area contributed by atoms with Crippen molar-refractivity contribution in [2.24, 2.45) is 0 Å². The van der Waals surface area contributed by atoms with Gasteiger partial charge >= 0.3 is 0 Å². The van der Waals surface area contributed by atoms with Crippen molar-refractivity contribution >= 4 is 28.9 Å². The fraction of sp³-hybridized carbons (Fsp3) is 0.526. The van der Waals surface area contributed by atoms with Crippen molar-refractivity contribution in [3.8, 4) is 0 Å². The Labute approximate surface area is 163 Å². The van der Waals surface area contributed by atoms with Crippen molar-refractivity contribution < 1.29 is 9.90 Å². The number of rotatable bonds is 4. The number of carbonyl (C=O) groups excluding carboxylic acids is 1. The molecule has 2 aromatic rings. The maximum absolute atomic E-state index is 12.6. The minimum Gasteiger partial charge on any atom is -0.394 e. The molecule has 144 valence electrons. The summed E-state index contributed by atoms with van der Waals surface area (Å²) in [5.74, 6) is 1.89. The van der Waals surface area contributed by atoms with Gasteiger partial charge in [0.2, 0.25) is 0 Å². The number of thiophene rings is 1. The molecule has 7 nitrogen and oxygen atoms in total. The molecule has 0 aromatic carbocycles. The number of piperazine rings is 1. The average Bonchev–Trinajstić information content (AvgIpc) is 3.36. The highest BCUT2D eigenvalue weighted by Crippen LogP contribution is 2.26. The Morgan fingerprint density at radius 1 is 1.19 bits per heavy atom. The molecule has 1 amide bonds. The lowest BCUT2D eigenvalue weighted by molar-refractivity contribution is 0.0751. The summed E-state index contributed by atoms with van der Waals surface area (Å²) in [7, 11) is 0. The third-order valence-corrected chi connectivity index (χ3v) is 6.35. The molecule has 0 radical (unpaired) electrons. The summed E-state index contributed by atoms with van der Waals surface area (Å²) in [6, 6.07) is 6.07. The van der Waals surface area contributed by atoms with Crippen LogP contribution in [0, 0.1) is 6.92 Å². The molecule has 1 unspecified atom stereocenters. The Kier molecular flexibility index (Phi) is 5.27. The number of hydrogen-bond acceptors (Lipinski definition) is 7. The van der Waals surface area contributed by atoms with Gasteiger partial charge in [-0.1, -0.05) is 0 Å². The summed E-state index contributed by atoms with van der Waals surface area (Å²) >= 11 is 1.55. The van der Waals surface area contributed by atoms with Crippen molar-refractivity contribution in [2.45, 2.75) is 25.8 Å². The molecule has 4 rings (SSSR count). The van der Waals surface area contributed by atoms with E-state index >= 15 is 0 Å². The molecule has 0 aliphatic carbocycles. The van der Waals surface area contributed by atoms with Crippen LogP contribution >= 0.6 is 11.3 Å². The number of aliphatic hydroxyl groups excluding tert-OH is 1. The lowest BCUT2D eigenvalue weighted by atomic mass is 10.2. The molecule has 0 spiro atoms. The van der Waals surface area contributed by atoms with Crippen LogP contribution in [0.1, 0.15) is 27.4 Å². The maximum Gasteiger partial charge on any atom is 0.264 e. The van der Waals surface area contributed by atoms with Gasteiger partial charge in [0, 0.05) is 43.7 Å². The molecular formula is C19H25N5O2S. The van der Waals surface area contributed by atoms with Gasteiger partial charge in [-0.2, -0.15) is 0 Å². The van der Waals surface area contributed by atoms with Crippen molar-refractivity contribution in [1.29, 1.82) is 0 Å². The van der Waals surface area contributed by atoms with Crippen LogP contribution in [-0.2, 0) is 0 Å². The lowest BCUT2D eigenvalue weighted by Crippen LogP contribution is -2.49. The van der Waals surface area contributed by atoms with Crippen molar-refractivity contribution in [2.75, 3.05) is 49.1 Å². The minimum absolute atomic E-state index is 0.124. The molecule has 2 aliphatic heterocycles. The van der Waals surface area contributed by atoms with Crippen LogP contribution in [0.3, 0.4) is 0 Å². The smallest absolute Gasteiger partial charge is 0.264 e. The first kappa shape index (κ1) is 18.2. The van der Waals surface area contributed by atoms with Crippen molar-refractivity contribution in [3.05, 3.63) is 34.3 Å². The fourth-order valence-corrected chi connectivity index (χ4v) is 4.67. The van der Waals surface area contributed by atoms with E-state index in [0.717, 1.165) is 53.9 Å². The second-order valence-electron chi connectivity index (χ2n) is 7.10. The number of amides is 1. The van der Waals surface area contributed by atoms with Gasteiger partial charge in [0.05, 0.1) is 17.5 Å². The normalized spacial score (nSPS) is 20.4. The summed E-state index contributed by atoms with van der Waals surface area (Å²) in [6.45, 7) is 6.00. The number of anilines is 2. The first-order valence-corrected chi connectivity index (χ1v) is 10.3. The average molecular weight is 388 g/mol. The molecule has 0 saturated carbocycles. The molecular weight excluding hydrogens is 362 g/mol. The number of aryl methyl sites for hydroxylation is 1. The predicted octanol–water partition coefficient (Wildman–Crippen LogP) is 1.77. The largest absolute Gasteiger partial charge is 0.394 e. The Balaban J connectivity index is 1.41. The Morgan fingerprint density at radius 2 is 1.96 bits per heavy atom. The van der Waals surface area contributed by atoms with E-state index in [1.54, 1.807) is 17.7 Å². The highest BCUT2D eigenvalue weighted by molar-refractivity contribution is 7.13. The van der Waals surface area contributed by atoms with E-state index < -0.39 is 0 Å². The number of aliphatic hydroxyl groups is 1. The van der Waals surface area contributed by atoms with Gasteiger partial charge in [0.15, 0.2) is 0 Å². The number of hydrogen-bond donors (Lipinski definition) is 1. The first-order valence-electron chi connectivity index (χ1n) is 9.46. The zero-order valence-electron chi connectivity index (χ0n) is 15.5. The van der Waals surface area contributed by atoms with E-state index in [1.165, 1.54) is 0 Å². The van der Waals surface area contributed by atoms with Crippen LogP contribution in [0.2, 0.25) is 0 Å². The molecule has 1 N–H and O–H groups in total. The van der Waals surface area contributed by atoms with E-state index in [-0.39, 0.29) is 18.6 Å². The van der Waals surface area contributed by atoms with Gasteiger partial charge in [0.25, 0.3) is 5.91 Å². The Hall–Kier alpha value is -2.19. The van der Waals surface area contributed by atoms with Crippen LogP contribution in [0.5, 0.6) is 0 Å². The summed E-state index contributed by atoms with van der Waals surface area (Å²) < 4.78 is 0. The second kappa shape index (κ2) is 7.82. The molecule has 2 aliphatic rings. The first-order chi connectivity index (χ1) is 13.2. The van der Waals surface area contributed by atoms with E-state index in [1.807, 2.05) is 30.0 Å². The second-order valence-corrected chi connectivity index (χ2v) is 8.38. The third kappa shape index (κ3) is 3.77. The van der Waals surface area contributed by atoms with Gasteiger partial charge < -0.3 is 19.8 Å². The third-order valence-electron chi connectivity index (χ3n) is 5.36. The number of carbonyl (C=O) groups is 1. The maximum atomic E-state index is 12.6. The Bertz CT molecular complexity index is 803. The van der Waals surface area contributed by atoms with Gasteiger partial charge in [-0.25, -0.2) is 9.97 Å². The molecule has 1 atom stereocenters. The fourth-order valence-electron chi connectivity index (χ4n) is 3.84. The zero-order valence-corrected chi connectivity index (χ0v) is 16.4. The molecule has 2 fully saturated rings.